The molecule has 78 valence electrons. The van der Waals surface area contributed by atoms with E-state index in [0.29, 0.717) is 25.2 Å². The zero-order valence-electron chi connectivity index (χ0n) is 8.45. The Morgan fingerprint density at radius 2 is 2.43 bits per heavy atom. The van der Waals surface area contributed by atoms with Gasteiger partial charge >= 0.3 is 7.12 Å². The van der Waals surface area contributed by atoms with Gasteiger partial charge in [-0.25, -0.2) is 4.89 Å². The highest BCUT2D eigenvalue weighted by Gasteiger charge is 2.23. The first kappa shape index (κ1) is 11.4. The fourth-order valence-electron chi connectivity index (χ4n) is 1.09. The van der Waals surface area contributed by atoms with Gasteiger partial charge in [0.25, 0.3) is 0 Å². The maximum Gasteiger partial charge on any atom is 0.490 e. The first-order valence-corrected chi connectivity index (χ1v) is 4.78. The fraction of sp³-hybridized carbons (Fsp3) is 0.667. The molecule has 0 bridgehead atoms. The van der Waals surface area contributed by atoms with Crippen molar-refractivity contribution in [1.29, 1.82) is 0 Å². The van der Waals surface area contributed by atoms with Crippen molar-refractivity contribution in [2.24, 2.45) is 0 Å². The summed E-state index contributed by atoms with van der Waals surface area (Å²) in [5.41, 5.74) is 0.564. The van der Waals surface area contributed by atoms with E-state index in [2.05, 4.69) is 6.58 Å². The van der Waals surface area contributed by atoms with E-state index in [9.17, 15) is 4.79 Å². The predicted molar refractivity (Wildman–Crippen MR) is 52.6 cm³/mol. The minimum atomic E-state index is -0.318. The van der Waals surface area contributed by atoms with Crippen LogP contribution in [0.1, 0.15) is 19.8 Å². The molecule has 1 fully saturated rings. The Bertz CT molecular complexity index is 211. The standard InChI is InChI=1S/C9H15BO4/c1-8(2)9(11)4-7-12-10-5-3-6-13-14-10/h1,3-7H2,2H3. The Balaban J connectivity index is 2.08. The lowest BCUT2D eigenvalue weighted by Gasteiger charge is -2.17. The molecular formula is C9H15BO4. The summed E-state index contributed by atoms with van der Waals surface area (Å²) in [5.74, 6) is 0.0294. The van der Waals surface area contributed by atoms with Gasteiger partial charge in [0.2, 0.25) is 0 Å². The van der Waals surface area contributed by atoms with Crippen LogP contribution in [-0.4, -0.2) is 26.1 Å². The molecule has 0 aliphatic carbocycles. The monoisotopic (exact) mass is 198 g/mol. The minimum absolute atomic E-state index is 0.0294. The average molecular weight is 198 g/mol. The first-order chi connectivity index (χ1) is 6.70. The molecule has 4 nitrogen and oxygen atoms in total. The van der Waals surface area contributed by atoms with Crippen LogP contribution in [0.4, 0.5) is 0 Å². The molecule has 0 saturated carbocycles. The molecule has 0 atom stereocenters. The van der Waals surface area contributed by atoms with Crippen LogP contribution in [0, 0.1) is 0 Å². The molecule has 0 aromatic rings. The summed E-state index contributed by atoms with van der Waals surface area (Å²) < 4.78 is 5.29. The number of carbonyl (C=O) groups is 1. The second-order valence-corrected chi connectivity index (χ2v) is 3.31. The second kappa shape index (κ2) is 5.96. The van der Waals surface area contributed by atoms with Gasteiger partial charge in [-0.1, -0.05) is 6.58 Å². The molecule has 1 aliphatic heterocycles. The van der Waals surface area contributed by atoms with Crippen molar-refractivity contribution in [3.05, 3.63) is 12.2 Å². The SMILES string of the molecule is C=C(C)C(=O)CCOB1CCCOO1. The Kier molecular flexibility index (Phi) is 4.86. The topological polar surface area (TPSA) is 44.8 Å². The van der Waals surface area contributed by atoms with Crippen LogP contribution in [0.5, 0.6) is 0 Å². The molecule has 5 heteroatoms. The molecule has 0 aromatic carbocycles. The molecule has 1 aliphatic rings. The molecule has 0 radical (unpaired) electrons. The van der Waals surface area contributed by atoms with Crippen molar-refractivity contribution in [2.75, 3.05) is 13.2 Å². The molecule has 0 amide bonds. The quantitative estimate of drug-likeness (QED) is 0.380. The summed E-state index contributed by atoms with van der Waals surface area (Å²) in [6, 6.07) is 0. The van der Waals surface area contributed by atoms with Crippen molar-refractivity contribution in [3.63, 3.8) is 0 Å². The molecule has 0 spiro atoms. The van der Waals surface area contributed by atoms with Gasteiger partial charge in [0.05, 0.1) is 6.61 Å². The second-order valence-electron chi connectivity index (χ2n) is 3.31. The maximum atomic E-state index is 11.1. The smallest absolute Gasteiger partial charge is 0.409 e. The van der Waals surface area contributed by atoms with Crippen LogP contribution in [-0.2, 0) is 19.1 Å². The van der Waals surface area contributed by atoms with Crippen molar-refractivity contribution >= 4 is 12.9 Å². The van der Waals surface area contributed by atoms with Gasteiger partial charge in [0, 0.05) is 13.0 Å². The number of rotatable bonds is 5. The fourth-order valence-corrected chi connectivity index (χ4v) is 1.09. The summed E-state index contributed by atoms with van der Waals surface area (Å²) in [5, 5.41) is 0. The number of carbonyl (C=O) groups excluding carboxylic acids is 1. The Labute approximate surface area is 84.3 Å². The van der Waals surface area contributed by atoms with Crippen LogP contribution in [0.2, 0.25) is 6.32 Å². The third-order valence-corrected chi connectivity index (χ3v) is 1.95. The van der Waals surface area contributed by atoms with Crippen LogP contribution >= 0.6 is 0 Å². The summed E-state index contributed by atoms with van der Waals surface area (Å²) in [6.45, 7) is 6.23. The molecule has 0 aromatic heterocycles. The number of allylic oxidation sites excluding steroid dienone is 1. The van der Waals surface area contributed by atoms with Gasteiger partial charge in [-0.3, -0.25) is 9.60 Å². The van der Waals surface area contributed by atoms with E-state index in [1.54, 1.807) is 6.92 Å². The Morgan fingerprint density at radius 1 is 1.64 bits per heavy atom. The van der Waals surface area contributed by atoms with E-state index in [0.717, 1.165) is 12.7 Å². The van der Waals surface area contributed by atoms with Crippen LogP contribution in [0.25, 0.3) is 0 Å². The normalized spacial score (nSPS) is 16.8. The minimum Gasteiger partial charge on any atom is -0.409 e. The van der Waals surface area contributed by atoms with Crippen molar-refractivity contribution in [1.82, 2.24) is 0 Å². The summed E-state index contributed by atoms with van der Waals surface area (Å²) in [7, 11) is -0.318. The number of hydrogen-bond acceptors (Lipinski definition) is 4. The summed E-state index contributed by atoms with van der Waals surface area (Å²) in [4.78, 5) is 20.8. The summed E-state index contributed by atoms with van der Waals surface area (Å²) in [6.07, 6.45) is 2.11. The zero-order chi connectivity index (χ0) is 10.4. The van der Waals surface area contributed by atoms with E-state index in [1.165, 1.54) is 0 Å². The van der Waals surface area contributed by atoms with Gasteiger partial charge in [0.1, 0.15) is 0 Å². The average Bonchev–Trinajstić information content (AvgIpc) is 2.19. The highest BCUT2D eigenvalue weighted by atomic mass is 17.2. The lowest BCUT2D eigenvalue weighted by Crippen LogP contribution is -2.28. The molecule has 1 heterocycles. The number of Topliss-reactive ketones (excluding diaryl/α,β-unsaturated/α-hetero) is 1. The largest absolute Gasteiger partial charge is 0.490 e. The molecule has 0 N–H and O–H groups in total. The first-order valence-electron chi connectivity index (χ1n) is 4.78. The van der Waals surface area contributed by atoms with Gasteiger partial charge in [-0.05, 0) is 25.2 Å². The highest BCUT2D eigenvalue weighted by molar-refractivity contribution is 6.44. The van der Waals surface area contributed by atoms with Gasteiger partial charge in [-0.15, -0.1) is 0 Å². The maximum absolute atomic E-state index is 11.1. The van der Waals surface area contributed by atoms with Crippen LogP contribution in [0.15, 0.2) is 12.2 Å². The van der Waals surface area contributed by atoms with Crippen molar-refractivity contribution in [3.8, 4) is 0 Å². The van der Waals surface area contributed by atoms with Gasteiger partial charge < -0.3 is 4.65 Å². The predicted octanol–water partition coefficient (Wildman–Crippen LogP) is 1.38. The molecule has 0 unspecified atom stereocenters. The van der Waals surface area contributed by atoms with E-state index in [1.807, 2.05) is 0 Å². The van der Waals surface area contributed by atoms with Gasteiger partial charge in [0.15, 0.2) is 5.78 Å². The van der Waals surface area contributed by atoms with Crippen LogP contribution < -0.4 is 0 Å². The molecular weight excluding hydrogens is 183 g/mol. The van der Waals surface area contributed by atoms with E-state index >= 15 is 0 Å². The molecule has 1 rings (SSSR count). The molecule has 1 saturated heterocycles. The summed E-state index contributed by atoms with van der Waals surface area (Å²) >= 11 is 0. The van der Waals surface area contributed by atoms with Crippen molar-refractivity contribution in [2.45, 2.75) is 26.1 Å². The van der Waals surface area contributed by atoms with E-state index < -0.39 is 0 Å². The number of hydrogen-bond donors (Lipinski definition) is 0. The van der Waals surface area contributed by atoms with E-state index in [-0.39, 0.29) is 12.9 Å². The van der Waals surface area contributed by atoms with Gasteiger partial charge in [-0.2, -0.15) is 0 Å². The zero-order valence-corrected chi connectivity index (χ0v) is 8.45. The Hall–Kier alpha value is -0.645. The third kappa shape index (κ3) is 4.04. The number of ketones is 1. The lowest BCUT2D eigenvalue weighted by atomic mass is 9.83. The Morgan fingerprint density at radius 3 is 3.00 bits per heavy atom. The van der Waals surface area contributed by atoms with Crippen molar-refractivity contribution < 1.29 is 19.1 Å². The van der Waals surface area contributed by atoms with E-state index in [4.69, 9.17) is 14.3 Å². The highest BCUT2D eigenvalue weighted by Crippen LogP contribution is 2.09. The third-order valence-electron chi connectivity index (χ3n) is 1.95. The molecule has 14 heavy (non-hydrogen) atoms. The van der Waals surface area contributed by atoms with Crippen LogP contribution in [0.3, 0.4) is 0 Å². The lowest BCUT2D eigenvalue weighted by molar-refractivity contribution is -0.235.